The third-order valence-electron chi connectivity index (χ3n) is 4.45. The van der Waals surface area contributed by atoms with E-state index in [4.69, 9.17) is 5.73 Å². The molecule has 2 atom stereocenters. The van der Waals surface area contributed by atoms with Crippen LogP contribution in [0.5, 0.6) is 0 Å². The van der Waals surface area contributed by atoms with Gasteiger partial charge in [0, 0.05) is 18.0 Å². The smallest absolute Gasteiger partial charge is 0.151 e. The zero-order valence-electron chi connectivity index (χ0n) is 10.8. The van der Waals surface area contributed by atoms with Crippen LogP contribution in [-0.2, 0) is 0 Å². The number of hydrogen-bond acceptors (Lipinski definition) is 2. The van der Waals surface area contributed by atoms with Gasteiger partial charge in [0.2, 0.25) is 0 Å². The van der Waals surface area contributed by atoms with Crippen molar-refractivity contribution in [2.75, 3.05) is 0 Å². The van der Waals surface area contributed by atoms with Crippen molar-refractivity contribution >= 4 is 11.0 Å². The van der Waals surface area contributed by atoms with E-state index in [1.54, 1.807) is 6.07 Å². The SMILES string of the molecule is NC1CCC(c2nc3c(F)cccc3n2C2CC2)C1. The first-order valence-corrected chi connectivity index (χ1v) is 7.16. The Morgan fingerprint density at radius 1 is 1.21 bits per heavy atom. The van der Waals surface area contributed by atoms with Crippen molar-refractivity contribution in [3.63, 3.8) is 0 Å². The average molecular weight is 259 g/mol. The molecule has 2 aromatic rings. The Labute approximate surface area is 111 Å². The van der Waals surface area contributed by atoms with Crippen LogP contribution in [0.2, 0.25) is 0 Å². The summed E-state index contributed by atoms with van der Waals surface area (Å²) in [6.07, 6.45) is 5.50. The van der Waals surface area contributed by atoms with Gasteiger partial charge < -0.3 is 10.3 Å². The van der Waals surface area contributed by atoms with Gasteiger partial charge in [-0.25, -0.2) is 9.37 Å². The number of para-hydroxylation sites is 1. The lowest BCUT2D eigenvalue weighted by molar-refractivity contribution is 0.591. The van der Waals surface area contributed by atoms with Crippen LogP contribution in [-0.4, -0.2) is 15.6 Å². The summed E-state index contributed by atoms with van der Waals surface area (Å²) in [4.78, 5) is 4.62. The van der Waals surface area contributed by atoms with Crippen molar-refractivity contribution in [3.8, 4) is 0 Å². The third kappa shape index (κ3) is 1.77. The molecule has 0 bridgehead atoms. The van der Waals surface area contributed by atoms with Crippen molar-refractivity contribution in [2.24, 2.45) is 5.73 Å². The fourth-order valence-corrected chi connectivity index (χ4v) is 3.36. The zero-order valence-corrected chi connectivity index (χ0v) is 10.8. The summed E-state index contributed by atoms with van der Waals surface area (Å²) >= 11 is 0. The van der Waals surface area contributed by atoms with E-state index in [1.165, 1.54) is 18.9 Å². The molecule has 1 aromatic heterocycles. The highest BCUT2D eigenvalue weighted by molar-refractivity contribution is 5.77. The van der Waals surface area contributed by atoms with Gasteiger partial charge in [-0.1, -0.05) is 6.07 Å². The summed E-state index contributed by atoms with van der Waals surface area (Å²) in [6.45, 7) is 0. The quantitative estimate of drug-likeness (QED) is 0.900. The number of rotatable bonds is 2. The lowest BCUT2D eigenvalue weighted by atomic mass is 10.1. The predicted molar refractivity (Wildman–Crippen MR) is 72.5 cm³/mol. The molecule has 2 saturated carbocycles. The van der Waals surface area contributed by atoms with Gasteiger partial charge >= 0.3 is 0 Å². The largest absolute Gasteiger partial charge is 0.328 e. The van der Waals surface area contributed by atoms with Gasteiger partial charge in [-0.3, -0.25) is 0 Å². The Hall–Kier alpha value is -1.42. The number of fused-ring (bicyclic) bond motifs is 1. The molecule has 100 valence electrons. The highest BCUT2D eigenvalue weighted by atomic mass is 19.1. The molecule has 0 aliphatic heterocycles. The van der Waals surface area contributed by atoms with Gasteiger partial charge in [0.15, 0.2) is 5.82 Å². The van der Waals surface area contributed by atoms with Gasteiger partial charge in [0.1, 0.15) is 11.3 Å². The predicted octanol–water partition coefficient (Wildman–Crippen LogP) is 3.11. The van der Waals surface area contributed by atoms with Crippen LogP contribution in [0.3, 0.4) is 0 Å². The maximum Gasteiger partial charge on any atom is 0.151 e. The van der Waals surface area contributed by atoms with Gasteiger partial charge in [0.25, 0.3) is 0 Å². The molecular weight excluding hydrogens is 241 g/mol. The van der Waals surface area contributed by atoms with Crippen molar-refractivity contribution < 1.29 is 4.39 Å². The van der Waals surface area contributed by atoms with Crippen LogP contribution in [0.4, 0.5) is 4.39 Å². The highest BCUT2D eigenvalue weighted by Gasteiger charge is 2.34. The first kappa shape index (κ1) is 11.4. The van der Waals surface area contributed by atoms with E-state index in [0.29, 0.717) is 17.5 Å². The third-order valence-corrected chi connectivity index (χ3v) is 4.45. The molecule has 3 nitrogen and oxygen atoms in total. The van der Waals surface area contributed by atoms with E-state index >= 15 is 0 Å². The maximum absolute atomic E-state index is 13.9. The molecule has 0 spiro atoms. The van der Waals surface area contributed by atoms with Crippen molar-refractivity contribution in [1.82, 2.24) is 9.55 Å². The van der Waals surface area contributed by atoms with Gasteiger partial charge in [-0.05, 0) is 44.2 Å². The van der Waals surface area contributed by atoms with Crippen molar-refractivity contribution in [3.05, 3.63) is 29.8 Å². The molecule has 2 N–H and O–H groups in total. The monoisotopic (exact) mass is 259 g/mol. The molecule has 4 heteroatoms. The zero-order chi connectivity index (χ0) is 13.0. The molecule has 2 aliphatic rings. The minimum Gasteiger partial charge on any atom is -0.328 e. The van der Waals surface area contributed by atoms with Crippen LogP contribution in [0.1, 0.15) is 49.9 Å². The van der Waals surface area contributed by atoms with E-state index < -0.39 is 0 Å². The maximum atomic E-state index is 13.9. The van der Waals surface area contributed by atoms with E-state index in [1.807, 2.05) is 6.07 Å². The number of nitrogens with two attached hydrogens (primary N) is 1. The number of hydrogen-bond donors (Lipinski definition) is 1. The second kappa shape index (κ2) is 4.04. The summed E-state index contributed by atoms with van der Waals surface area (Å²) in [5.74, 6) is 1.26. The Balaban J connectivity index is 1.89. The Morgan fingerprint density at radius 3 is 2.74 bits per heavy atom. The molecule has 19 heavy (non-hydrogen) atoms. The summed E-state index contributed by atoms with van der Waals surface area (Å²) in [5, 5.41) is 0. The lowest BCUT2D eigenvalue weighted by Gasteiger charge is -2.13. The topological polar surface area (TPSA) is 43.8 Å². The van der Waals surface area contributed by atoms with Crippen molar-refractivity contribution in [2.45, 2.75) is 50.1 Å². The molecular formula is C15H18FN3. The highest BCUT2D eigenvalue weighted by Crippen LogP contribution is 2.43. The summed E-state index contributed by atoms with van der Waals surface area (Å²) in [7, 11) is 0. The normalized spacial score (nSPS) is 27.3. The van der Waals surface area contributed by atoms with Crippen LogP contribution >= 0.6 is 0 Å². The first-order valence-electron chi connectivity index (χ1n) is 7.16. The first-order chi connectivity index (χ1) is 9.24. The summed E-state index contributed by atoms with van der Waals surface area (Å²) in [5.41, 5.74) is 7.51. The van der Waals surface area contributed by atoms with E-state index in [-0.39, 0.29) is 11.9 Å². The Kier molecular flexibility index (Phi) is 2.42. The van der Waals surface area contributed by atoms with E-state index in [9.17, 15) is 4.39 Å². The summed E-state index contributed by atoms with van der Waals surface area (Å²) < 4.78 is 16.2. The van der Waals surface area contributed by atoms with Crippen molar-refractivity contribution in [1.29, 1.82) is 0 Å². The molecule has 4 rings (SSSR count). The molecule has 0 saturated heterocycles. The van der Waals surface area contributed by atoms with Crippen LogP contribution < -0.4 is 5.73 Å². The fraction of sp³-hybridized carbons (Fsp3) is 0.533. The standard InChI is InChI=1S/C15H18FN3/c16-12-2-1-3-13-14(12)18-15(19(13)11-6-7-11)9-4-5-10(17)8-9/h1-3,9-11H,4-8,17H2. The van der Waals surface area contributed by atoms with Gasteiger partial charge in [-0.15, -0.1) is 0 Å². The molecule has 2 fully saturated rings. The number of imidazole rings is 1. The van der Waals surface area contributed by atoms with Crippen LogP contribution in [0, 0.1) is 5.82 Å². The minimum absolute atomic E-state index is 0.208. The molecule has 2 aliphatic carbocycles. The van der Waals surface area contributed by atoms with Gasteiger partial charge in [0.05, 0.1) is 5.52 Å². The Morgan fingerprint density at radius 2 is 2.05 bits per heavy atom. The van der Waals surface area contributed by atoms with Crippen LogP contribution in [0.15, 0.2) is 18.2 Å². The number of aromatic nitrogens is 2. The molecule has 1 heterocycles. The fourth-order valence-electron chi connectivity index (χ4n) is 3.36. The molecule has 2 unspecified atom stereocenters. The van der Waals surface area contributed by atoms with Gasteiger partial charge in [-0.2, -0.15) is 0 Å². The van der Waals surface area contributed by atoms with E-state index in [2.05, 4.69) is 9.55 Å². The molecule has 1 aromatic carbocycles. The molecule has 0 amide bonds. The Bertz CT molecular complexity index is 630. The van der Waals surface area contributed by atoms with E-state index in [0.717, 1.165) is 30.6 Å². The second-order valence-electron chi connectivity index (χ2n) is 5.95. The second-order valence-corrected chi connectivity index (χ2v) is 5.95. The summed E-state index contributed by atoms with van der Waals surface area (Å²) in [6, 6.07) is 6.07. The number of benzene rings is 1. The number of halogens is 1. The molecule has 0 radical (unpaired) electrons. The lowest BCUT2D eigenvalue weighted by Crippen LogP contribution is -2.15. The number of nitrogens with zero attached hydrogens (tertiary/aromatic N) is 2. The average Bonchev–Trinajstić information content (AvgIpc) is 3.01. The van der Waals surface area contributed by atoms with Crippen LogP contribution in [0.25, 0.3) is 11.0 Å². The minimum atomic E-state index is -0.208.